The Bertz CT molecular complexity index is 423. The van der Waals surface area contributed by atoms with Crippen molar-refractivity contribution < 1.29 is 9.53 Å². The highest BCUT2D eigenvalue weighted by molar-refractivity contribution is 5.92. The Morgan fingerprint density at radius 2 is 1.94 bits per heavy atom. The minimum atomic E-state index is -0.232. The molecule has 1 aliphatic carbocycles. The lowest BCUT2D eigenvalue weighted by atomic mass is 9.76. The normalized spacial score (nSPS) is 22.0. The summed E-state index contributed by atoms with van der Waals surface area (Å²) in [5, 5.41) is 0. The Labute approximate surface area is 94.0 Å². The highest BCUT2D eigenvalue weighted by Gasteiger charge is 2.52. The van der Waals surface area contributed by atoms with Gasteiger partial charge in [-0.1, -0.05) is 0 Å². The van der Waals surface area contributed by atoms with E-state index in [0.29, 0.717) is 12.3 Å². The smallest absolute Gasteiger partial charge is 0.415 e. The molecule has 0 unspecified atom stereocenters. The number of benzene rings is 1. The third-order valence-corrected chi connectivity index (χ3v) is 3.56. The Hall–Kier alpha value is -1.71. The molecule has 2 aliphatic rings. The number of carbonyl (C=O) groups excluding carboxylic acids is 1. The van der Waals surface area contributed by atoms with E-state index in [-0.39, 0.29) is 11.6 Å². The average Bonchev–Trinajstić information content (AvgIpc) is 2.57. The van der Waals surface area contributed by atoms with Crippen LogP contribution in [0.1, 0.15) is 19.3 Å². The van der Waals surface area contributed by atoms with Crippen molar-refractivity contribution in [2.75, 3.05) is 17.2 Å². The maximum Gasteiger partial charge on any atom is 0.415 e. The number of nitrogen functional groups attached to an aromatic ring is 1. The van der Waals surface area contributed by atoms with E-state index in [9.17, 15) is 4.79 Å². The van der Waals surface area contributed by atoms with E-state index in [1.807, 2.05) is 24.3 Å². The van der Waals surface area contributed by atoms with Crippen LogP contribution < -0.4 is 10.6 Å². The lowest BCUT2D eigenvalue weighted by molar-refractivity contribution is 0.154. The van der Waals surface area contributed by atoms with Gasteiger partial charge in [0.05, 0.1) is 5.54 Å². The van der Waals surface area contributed by atoms with Crippen LogP contribution in [0.5, 0.6) is 0 Å². The third-order valence-electron chi connectivity index (χ3n) is 3.56. The molecule has 1 aliphatic heterocycles. The molecule has 1 aromatic rings. The summed E-state index contributed by atoms with van der Waals surface area (Å²) in [6.07, 6.45) is 3.00. The summed E-state index contributed by atoms with van der Waals surface area (Å²) in [6.45, 7) is 0.524. The van der Waals surface area contributed by atoms with Crippen molar-refractivity contribution in [3.63, 3.8) is 0 Å². The fraction of sp³-hybridized carbons (Fsp3) is 0.417. The number of ether oxygens (including phenoxy) is 1. The molecule has 1 saturated carbocycles. The van der Waals surface area contributed by atoms with E-state index < -0.39 is 0 Å². The van der Waals surface area contributed by atoms with Gasteiger partial charge in [0.1, 0.15) is 6.61 Å². The van der Waals surface area contributed by atoms with Gasteiger partial charge in [0.2, 0.25) is 0 Å². The standard InChI is InChI=1S/C12H14N2O2/c13-9-2-4-10(5-3-9)14-11(15)16-8-12(14)6-1-7-12/h2-5H,1,6-8,13H2. The molecule has 0 bridgehead atoms. The number of hydrogen-bond acceptors (Lipinski definition) is 3. The van der Waals surface area contributed by atoms with Gasteiger partial charge in [0, 0.05) is 11.4 Å². The molecule has 84 valence electrons. The van der Waals surface area contributed by atoms with Gasteiger partial charge in [-0.25, -0.2) is 4.79 Å². The van der Waals surface area contributed by atoms with Crippen molar-refractivity contribution in [2.45, 2.75) is 24.8 Å². The van der Waals surface area contributed by atoms with Crippen molar-refractivity contribution in [1.29, 1.82) is 0 Å². The zero-order valence-electron chi connectivity index (χ0n) is 8.98. The molecule has 4 heteroatoms. The van der Waals surface area contributed by atoms with Crippen LogP contribution in [0.25, 0.3) is 0 Å². The minimum Gasteiger partial charge on any atom is -0.447 e. The quantitative estimate of drug-likeness (QED) is 0.735. The molecule has 0 radical (unpaired) electrons. The molecule has 1 aromatic carbocycles. The molecule has 1 heterocycles. The van der Waals surface area contributed by atoms with Crippen LogP contribution in [0.15, 0.2) is 24.3 Å². The predicted molar refractivity (Wildman–Crippen MR) is 61.3 cm³/mol. The summed E-state index contributed by atoms with van der Waals surface area (Å²) in [4.78, 5) is 13.5. The second-order valence-electron chi connectivity index (χ2n) is 4.56. The van der Waals surface area contributed by atoms with E-state index in [1.54, 1.807) is 4.90 Å². The van der Waals surface area contributed by atoms with Crippen LogP contribution in [-0.2, 0) is 4.74 Å². The van der Waals surface area contributed by atoms with Gasteiger partial charge in [-0.05, 0) is 43.5 Å². The first-order valence-electron chi connectivity index (χ1n) is 5.54. The topological polar surface area (TPSA) is 55.6 Å². The Morgan fingerprint density at radius 1 is 1.25 bits per heavy atom. The van der Waals surface area contributed by atoms with Gasteiger partial charge < -0.3 is 10.5 Å². The largest absolute Gasteiger partial charge is 0.447 e. The fourth-order valence-electron chi connectivity index (χ4n) is 2.47. The Kier molecular flexibility index (Phi) is 1.87. The van der Waals surface area contributed by atoms with E-state index in [1.165, 1.54) is 6.42 Å². The molecule has 2 fully saturated rings. The maximum atomic E-state index is 11.7. The average molecular weight is 218 g/mol. The maximum absolute atomic E-state index is 11.7. The molecular weight excluding hydrogens is 204 g/mol. The van der Waals surface area contributed by atoms with Gasteiger partial charge in [-0.2, -0.15) is 0 Å². The summed E-state index contributed by atoms with van der Waals surface area (Å²) < 4.78 is 5.16. The lowest BCUT2D eigenvalue weighted by Gasteiger charge is -2.42. The summed E-state index contributed by atoms with van der Waals surface area (Å²) >= 11 is 0. The van der Waals surface area contributed by atoms with Crippen LogP contribution in [0, 0.1) is 0 Å². The molecule has 2 N–H and O–H groups in total. The number of carbonyl (C=O) groups is 1. The van der Waals surface area contributed by atoms with E-state index in [2.05, 4.69) is 0 Å². The Balaban J connectivity index is 1.97. The zero-order valence-corrected chi connectivity index (χ0v) is 8.98. The van der Waals surface area contributed by atoms with Crippen molar-refractivity contribution in [3.05, 3.63) is 24.3 Å². The number of nitrogens with zero attached hydrogens (tertiary/aromatic N) is 1. The number of amides is 1. The first kappa shape index (κ1) is 9.51. The first-order chi connectivity index (χ1) is 7.71. The Morgan fingerprint density at radius 3 is 2.50 bits per heavy atom. The highest BCUT2D eigenvalue weighted by Crippen LogP contribution is 2.44. The molecule has 16 heavy (non-hydrogen) atoms. The van der Waals surface area contributed by atoms with Crippen molar-refractivity contribution in [2.24, 2.45) is 0 Å². The van der Waals surface area contributed by atoms with Crippen LogP contribution in [0.3, 0.4) is 0 Å². The molecule has 1 spiro atoms. The summed E-state index contributed by atoms with van der Waals surface area (Å²) in [5.74, 6) is 0. The number of cyclic esters (lactones) is 1. The molecule has 0 atom stereocenters. The fourth-order valence-corrected chi connectivity index (χ4v) is 2.47. The highest BCUT2D eigenvalue weighted by atomic mass is 16.6. The predicted octanol–water partition coefficient (Wildman–Crippen LogP) is 2.15. The number of hydrogen-bond donors (Lipinski definition) is 1. The number of anilines is 2. The van der Waals surface area contributed by atoms with Gasteiger partial charge >= 0.3 is 6.09 Å². The second-order valence-corrected chi connectivity index (χ2v) is 4.56. The first-order valence-corrected chi connectivity index (χ1v) is 5.54. The van der Waals surface area contributed by atoms with Crippen LogP contribution in [-0.4, -0.2) is 18.2 Å². The minimum absolute atomic E-state index is 0.0762. The molecule has 0 aromatic heterocycles. The molecule has 1 saturated heterocycles. The van der Waals surface area contributed by atoms with E-state index >= 15 is 0 Å². The SMILES string of the molecule is Nc1ccc(N2C(=O)OCC23CCC3)cc1. The molecule has 1 amide bonds. The lowest BCUT2D eigenvalue weighted by Crippen LogP contribution is -2.52. The van der Waals surface area contributed by atoms with Gasteiger partial charge in [0.15, 0.2) is 0 Å². The second kappa shape index (κ2) is 3.14. The van der Waals surface area contributed by atoms with Crippen molar-refractivity contribution in [1.82, 2.24) is 0 Å². The van der Waals surface area contributed by atoms with Gasteiger partial charge in [-0.15, -0.1) is 0 Å². The molecular formula is C12H14N2O2. The zero-order chi connectivity index (χ0) is 11.2. The van der Waals surface area contributed by atoms with Crippen molar-refractivity contribution in [3.8, 4) is 0 Å². The molecule has 3 rings (SSSR count). The monoisotopic (exact) mass is 218 g/mol. The molecule has 4 nitrogen and oxygen atoms in total. The van der Waals surface area contributed by atoms with Gasteiger partial charge in [-0.3, -0.25) is 4.90 Å². The summed E-state index contributed by atoms with van der Waals surface area (Å²) in [5.41, 5.74) is 7.16. The van der Waals surface area contributed by atoms with Crippen molar-refractivity contribution >= 4 is 17.5 Å². The van der Waals surface area contributed by atoms with E-state index in [0.717, 1.165) is 18.5 Å². The summed E-state index contributed by atoms with van der Waals surface area (Å²) in [7, 11) is 0. The number of rotatable bonds is 1. The summed E-state index contributed by atoms with van der Waals surface area (Å²) in [6, 6.07) is 7.38. The van der Waals surface area contributed by atoms with Crippen LogP contribution >= 0.6 is 0 Å². The van der Waals surface area contributed by atoms with Crippen LogP contribution in [0.2, 0.25) is 0 Å². The van der Waals surface area contributed by atoms with Crippen LogP contribution in [0.4, 0.5) is 16.2 Å². The third kappa shape index (κ3) is 1.19. The number of nitrogens with two attached hydrogens (primary N) is 1. The van der Waals surface area contributed by atoms with Gasteiger partial charge in [0.25, 0.3) is 0 Å². The van der Waals surface area contributed by atoms with E-state index in [4.69, 9.17) is 10.5 Å².